The summed E-state index contributed by atoms with van der Waals surface area (Å²) in [5.41, 5.74) is 3.36. The van der Waals surface area contributed by atoms with Gasteiger partial charge in [-0.3, -0.25) is 4.79 Å². The molecular weight excluding hydrogens is 344 g/mol. The molecule has 7 heteroatoms. The topological polar surface area (TPSA) is 75.9 Å². The van der Waals surface area contributed by atoms with Crippen LogP contribution in [0.5, 0.6) is 0 Å². The summed E-state index contributed by atoms with van der Waals surface area (Å²) < 4.78 is 7.11. The number of aromatic nitrogens is 2. The van der Waals surface area contributed by atoms with Gasteiger partial charge in [-0.15, -0.1) is 0 Å². The number of amides is 2. The normalized spacial score (nSPS) is 13.7. The van der Waals surface area contributed by atoms with Crippen LogP contribution in [-0.2, 0) is 11.3 Å². The van der Waals surface area contributed by atoms with Gasteiger partial charge in [-0.2, -0.15) is 5.10 Å². The van der Waals surface area contributed by atoms with Crippen LogP contribution in [0.3, 0.4) is 0 Å². The summed E-state index contributed by atoms with van der Waals surface area (Å²) in [7, 11) is 0. The predicted octanol–water partition coefficient (Wildman–Crippen LogP) is 3.97. The minimum absolute atomic E-state index is 0.205. The zero-order chi connectivity index (χ0) is 19.2. The second kappa shape index (κ2) is 6.12. The summed E-state index contributed by atoms with van der Waals surface area (Å²) in [6.45, 7) is 5.53. The van der Waals surface area contributed by atoms with Crippen LogP contribution in [-0.4, -0.2) is 32.1 Å². The van der Waals surface area contributed by atoms with Gasteiger partial charge >= 0.3 is 6.09 Å². The van der Waals surface area contributed by atoms with Crippen molar-refractivity contribution in [1.82, 2.24) is 14.5 Å². The summed E-state index contributed by atoms with van der Waals surface area (Å²) in [6.07, 6.45) is 2.98. The highest BCUT2D eigenvalue weighted by atomic mass is 16.6. The van der Waals surface area contributed by atoms with E-state index in [1.165, 1.54) is 0 Å². The van der Waals surface area contributed by atoms with Gasteiger partial charge in [0.2, 0.25) is 0 Å². The SMILES string of the molecule is CC(C)(C)OC(=O)N1Cc2cc(Nc3ccn4ncccc34)ccc2C1=O. The lowest BCUT2D eigenvalue weighted by molar-refractivity contribution is 0.0248. The van der Waals surface area contributed by atoms with E-state index in [-0.39, 0.29) is 12.5 Å². The highest BCUT2D eigenvalue weighted by Gasteiger charge is 2.35. The lowest BCUT2D eigenvalue weighted by Crippen LogP contribution is -2.36. The average Bonchev–Trinajstić information content (AvgIpc) is 3.15. The fourth-order valence-corrected chi connectivity index (χ4v) is 3.07. The maximum absolute atomic E-state index is 12.5. The maximum Gasteiger partial charge on any atom is 0.417 e. The lowest BCUT2D eigenvalue weighted by atomic mass is 10.1. The van der Waals surface area contributed by atoms with Gasteiger partial charge in [0.15, 0.2) is 0 Å². The van der Waals surface area contributed by atoms with E-state index in [2.05, 4.69) is 10.4 Å². The number of carbonyl (C=O) groups is 2. The zero-order valence-electron chi connectivity index (χ0n) is 15.4. The van der Waals surface area contributed by atoms with Crippen molar-refractivity contribution >= 4 is 28.9 Å². The van der Waals surface area contributed by atoms with Crippen molar-refractivity contribution in [2.75, 3.05) is 5.32 Å². The third kappa shape index (κ3) is 3.23. The third-order valence-electron chi connectivity index (χ3n) is 4.24. The Balaban J connectivity index is 1.57. The zero-order valence-corrected chi connectivity index (χ0v) is 15.4. The van der Waals surface area contributed by atoms with E-state index in [0.717, 1.165) is 27.4 Å². The number of nitrogens with zero attached hydrogens (tertiary/aromatic N) is 3. The maximum atomic E-state index is 12.5. The van der Waals surface area contributed by atoms with E-state index in [1.54, 1.807) is 37.5 Å². The Kier molecular flexibility index (Phi) is 3.87. The first-order valence-electron chi connectivity index (χ1n) is 8.69. The number of fused-ring (bicyclic) bond motifs is 2. The van der Waals surface area contributed by atoms with Gasteiger partial charge in [-0.05, 0) is 62.7 Å². The molecule has 0 spiro atoms. The third-order valence-corrected chi connectivity index (χ3v) is 4.24. The largest absolute Gasteiger partial charge is 0.443 e. The fraction of sp³-hybridized carbons (Fsp3) is 0.250. The van der Waals surface area contributed by atoms with Crippen LogP contribution in [0.1, 0.15) is 36.7 Å². The number of benzene rings is 1. The second-order valence-electron chi connectivity index (χ2n) is 7.45. The van der Waals surface area contributed by atoms with Gasteiger partial charge in [0.1, 0.15) is 5.60 Å². The summed E-state index contributed by atoms with van der Waals surface area (Å²) in [5.74, 6) is -0.329. The van der Waals surface area contributed by atoms with E-state index < -0.39 is 11.7 Å². The Bertz CT molecular complexity index is 1050. The molecule has 0 radical (unpaired) electrons. The number of nitrogens with one attached hydrogen (secondary N) is 1. The number of imide groups is 1. The molecule has 0 aliphatic carbocycles. The number of hydrogen-bond donors (Lipinski definition) is 1. The van der Waals surface area contributed by atoms with E-state index in [1.807, 2.05) is 36.5 Å². The molecule has 2 amide bonds. The van der Waals surface area contributed by atoms with E-state index in [4.69, 9.17) is 4.74 Å². The Morgan fingerprint density at radius 1 is 1.22 bits per heavy atom. The first-order chi connectivity index (χ1) is 12.8. The molecule has 0 saturated carbocycles. The molecule has 0 atom stereocenters. The Labute approximate surface area is 156 Å². The van der Waals surface area contributed by atoms with Crippen LogP contribution in [0, 0.1) is 0 Å². The highest BCUT2D eigenvalue weighted by Crippen LogP contribution is 2.29. The minimum atomic E-state index is -0.649. The van der Waals surface area contributed by atoms with Crippen molar-refractivity contribution in [2.45, 2.75) is 32.9 Å². The van der Waals surface area contributed by atoms with Crippen LogP contribution in [0.25, 0.3) is 5.52 Å². The Morgan fingerprint density at radius 3 is 2.81 bits per heavy atom. The monoisotopic (exact) mass is 364 g/mol. The highest BCUT2D eigenvalue weighted by molar-refractivity contribution is 6.06. The standard InChI is InChI=1S/C20H20N4O3/c1-20(2,3)27-19(26)23-12-13-11-14(6-7-15(13)18(23)25)22-16-8-10-24-17(16)5-4-9-21-24/h4-11,22H,12H2,1-3H3. The van der Waals surface area contributed by atoms with E-state index in [9.17, 15) is 9.59 Å². The molecule has 1 aromatic carbocycles. The fourth-order valence-electron chi connectivity index (χ4n) is 3.07. The molecule has 1 aliphatic rings. The number of carbonyl (C=O) groups excluding carboxylic acids is 2. The molecule has 3 heterocycles. The van der Waals surface area contributed by atoms with Crippen molar-refractivity contribution in [3.8, 4) is 0 Å². The van der Waals surface area contributed by atoms with Gasteiger partial charge in [0.05, 0.1) is 17.7 Å². The minimum Gasteiger partial charge on any atom is -0.443 e. The molecule has 0 unspecified atom stereocenters. The predicted molar refractivity (Wildman–Crippen MR) is 101 cm³/mol. The Hall–Kier alpha value is -3.35. The van der Waals surface area contributed by atoms with Gasteiger partial charge in [-0.1, -0.05) is 0 Å². The van der Waals surface area contributed by atoms with Crippen molar-refractivity contribution in [1.29, 1.82) is 0 Å². The van der Waals surface area contributed by atoms with Crippen LogP contribution in [0.4, 0.5) is 16.2 Å². The summed E-state index contributed by atoms with van der Waals surface area (Å²) in [4.78, 5) is 25.9. The summed E-state index contributed by atoms with van der Waals surface area (Å²) >= 11 is 0. The second-order valence-corrected chi connectivity index (χ2v) is 7.45. The van der Waals surface area contributed by atoms with Crippen molar-refractivity contribution in [3.05, 3.63) is 59.9 Å². The van der Waals surface area contributed by atoms with Crippen molar-refractivity contribution in [3.63, 3.8) is 0 Å². The summed E-state index contributed by atoms with van der Waals surface area (Å²) in [6, 6.07) is 11.2. The van der Waals surface area contributed by atoms with Crippen LogP contribution in [0.2, 0.25) is 0 Å². The molecule has 0 bridgehead atoms. The molecule has 4 rings (SSSR count). The van der Waals surface area contributed by atoms with Crippen LogP contribution < -0.4 is 5.32 Å². The number of ether oxygens (including phenoxy) is 1. The van der Waals surface area contributed by atoms with E-state index >= 15 is 0 Å². The molecule has 1 aliphatic heterocycles. The number of anilines is 2. The Morgan fingerprint density at radius 2 is 2.04 bits per heavy atom. The van der Waals surface area contributed by atoms with E-state index in [0.29, 0.717) is 5.56 Å². The van der Waals surface area contributed by atoms with Gasteiger partial charge < -0.3 is 10.1 Å². The van der Waals surface area contributed by atoms with Gasteiger partial charge in [0, 0.05) is 23.6 Å². The molecule has 2 aromatic heterocycles. The first kappa shape index (κ1) is 17.1. The molecule has 1 N–H and O–H groups in total. The smallest absolute Gasteiger partial charge is 0.417 e. The van der Waals surface area contributed by atoms with Gasteiger partial charge in [-0.25, -0.2) is 14.2 Å². The number of hydrogen-bond acceptors (Lipinski definition) is 5. The molecule has 0 saturated heterocycles. The van der Waals surface area contributed by atoms with Crippen LogP contribution >= 0.6 is 0 Å². The first-order valence-corrected chi connectivity index (χ1v) is 8.69. The molecule has 138 valence electrons. The molecule has 0 fully saturated rings. The van der Waals surface area contributed by atoms with Crippen molar-refractivity contribution < 1.29 is 14.3 Å². The van der Waals surface area contributed by atoms with Crippen LogP contribution in [0.15, 0.2) is 48.8 Å². The van der Waals surface area contributed by atoms with Gasteiger partial charge in [0.25, 0.3) is 5.91 Å². The lowest BCUT2D eigenvalue weighted by Gasteiger charge is -2.23. The average molecular weight is 364 g/mol. The molecule has 3 aromatic rings. The molecular formula is C20H20N4O3. The quantitative estimate of drug-likeness (QED) is 0.745. The number of rotatable bonds is 2. The van der Waals surface area contributed by atoms with Crippen molar-refractivity contribution in [2.24, 2.45) is 0 Å². The molecule has 27 heavy (non-hydrogen) atoms. The molecule has 7 nitrogen and oxygen atoms in total. The summed E-state index contributed by atoms with van der Waals surface area (Å²) in [5, 5.41) is 7.59.